The lowest BCUT2D eigenvalue weighted by Crippen LogP contribution is -2.28. The van der Waals surface area contributed by atoms with Crippen molar-refractivity contribution in [3.05, 3.63) is 27.8 Å². The van der Waals surface area contributed by atoms with Crippen LogP contribution in [0.25, 0.3) is 0 Å². The Bertz CT molecular complexity index is 444. The molecule has 0 aliphatic carbocycles. The van der Waals surface area contributed by atoms with E-state index in [0.717, 1.165) is 3.57 Å². The molecule has 0 heterocycles. The van der Waals surface area contributed by atoms with E-state index in [2.05, 4.69) is 27.3 Å². The zero-order valence-electron chi connectivity index (χ0n) is 9.56. The number of aliphatic hydroxyl groups is 1. The van der Waals surface area contributed by atoms with Crippen molar-refractivity contribution >= 4 is 32.6 Å². The highest BCUT2D eigenvalue weighted by atomic mass is 127. The van der Waals surface area contributed by atoms with Crippen molar-refractivity contribution in [2.75, 3.05) is 13.2 Å². The summed E-state index contributed by atoms with van der Waals surface area (Å²) in [7, 11) is -3.43. The normalized spacial score (nSPS) is 13.6. The number of sulfonamides is 1. The number of benzene rings is 1. The van der Waals surface area contributed by atoms with Crippen molar-refractivity contribution in [3.63, 3.8) is 0 Å². The van der Waals surface area contributed by atoms with Crippen LogP contribution in [0.15, 0.2) is 29.2 Å². The number of hydrogen-bond acceptors (Lipinski definition) is 3. The third-order valence-electron chi connectivity index (χ3n) is 2.37. The van der Waals surface area contributed by atoms with E-state index in [4.69, 9.17) is 5.11 Å². The first-order valence-corrected chi connectivity index (χ1v) is 7.88. The number of nitrogens with one attached hydrogen (secondary N) is 1. The highest BCUT2D eigenvalue weighted by Crippen LogP contribution is 2.12. The van der Waals surface area contributed by atoms with Gasteiger partial charge in [-0.3, -0.25) is 0 Å². The second-order valence-corrected chi connectivity index (χ2v) is 6.94. The standard InChI is InChI=1S/C11H16INO3S/c1-9(6-7-14)8-13-17(15,16)11-4-2-10(12)3-5-11/h2-5,9,13-14H,6-8H2,1H3. The molecule has 1 aromatic rings. The Balaban J connectivity index is 2.66. The minimum Gasteiger partial charge on any atom is -0.396 e. The fourth-order valence-electron chi connectivity index (χ4n) is 1.27. The molecule has 0 aliphatic heterocycles. The Morgan fingerprint density at radius 2 is 1.94 bits per heavy atom. The second kappa shape index (κ2) is 6.67. The zero-order chi connectivity index (χ0) is 12.9. The molecule has 0 saturated carbocycles. The fraction of sp³-hybridized carbons (Fsp3) is 0.455. The average Bonchev–Trinajstić information content (AvgIpc) is 2.28. The molecule has 1 rings (SSSR count). The summed E-state index contributed by atoms with van der Waals surface area (Å²) in [6, 6.07) is 6.68. The Morgan fingerprint density at radius 3 is 2.47 bits per heavy atom. The summed E-state index contributed by atoms with van der Waals surface area (Å²) in [4.78, 5) is 0.272. The van der Waals surface area contributed by atoms with Crippen LogP contribution < -0.4 is 4.72 Å². The van der Waals surface area contributed by atoms with Crippen LogP contribution in [0.4, 0.5) is 0 Å². The van der Waals surface area contributed by atoms with Crippen molar-refractivity contribution in [3.8, 4) is 0 Å². The van der Waals surface area contributed by atoms with E-state index in [1.54, 1.807) is 24.3 Å². The van der Waals surface area contributed by atoms with Gasteiger partial charge in [-0.15, -0.1) is 0 Å². The molecule has 0 fully saturated rings. The Labute approximate surface area is 116 Å². The fourth-order valence-corrected chi connectivity index (χ4v) is 2.80. The first-order valence-electron chi connectivity index (χ1n) is 5.32. The topological polar surface area (TPSA) is 66.4 Å². The molecule has 0 bridgehead atoms. The summed E-state index contributed by atoms with van der Waals surface area (Å²) < 4.78 is 27.3. The Kier molecular flexibility index (Phi) is 5.84. The molecular formula is C11H16INO3S. The van der Waals surface area contributed by atoms with Crippen molar-refractivity contribution in [1.82, 2.24) is 4.72 Å². The summed E-state index contributed by atoms with van der Waals surface area (Å²) in [6.07, 6.45) is 0.592. The van der Waals surface area contributed by atoms with Gasteiger partial charge in [-0.25, -0.2) is 13.1 Å². The van der Waals surface area contributed by atoms with Crippen LogP contribution >= 0.6 is 22.6 Å². The molecule has 1 unspecified atom stereocenters. The van der Waals surface area contributed by atoms with E-state index < -0.39 is 10.0 Å². The minimum absolute atomic E-state index is 0.0758. The molecule has 6 heteroatoms. The molecule has 1 atom stereocenters. The maximum Gasteiger partial charge on any atom is 0.240 e. The second-order valence-electron chi connectivity index (χ2n) is 3.92. The molecule has 96 valence electrons. The van der Waals surface area contributed by atoms with Gasteiger partial charge in [0.15, 0.2) is 0 Å². The highest BCUT2D eigenvalue weighted by molar-refractivity contribution is 14.1. The van der Waals surface area contributed by atoms with Crippen LogP contribution in [0.2, 0.25) is 0 Å². The number of hydrogen-bond donors (Lipinski definition) is 2. The van der Waals surface area contributed by atoms with Gasteiger partial charge in [-0.2, -0.15) is 0 Å². The molecule has 0 aliphatic rings. The lowest BCUT2D eigenvalue weighted by Gasteiger charge is -2.11. The van der Waals surface area contributed by atoms with E-state index in [0.29, 0.717) is 13.0 Å². The number of aliphatic hydroxyl groups excluding tert-OH is 1. The summed E-state index contributed by atoms with van der Waals surface area (Å²) >= 11 is 2.12. The van der Waals surface area contributed by atoms with Gasteiger partial charge in [-0.05, 0) is 59.2 Å². The van der Waals surface area contributed by atoms with Gasteiger partial charge >= 0.3 is 0 Å². The minimum atomic E-state index is -3.43. The van der Waals surface area contributed by atoms with Crippen LogP contribution in [0.1, 0.15) is 13.3 Å². The molecule has 4 nitrogen and oxygen atoms in total. The van der Waals surface area contributed by atoms with Gasteiger partial charge in [0.25, 0.3) is 0 Å². The van der Waals surface area contributed by atoms with E-state index in [1.807, 2.05) is 6.92 Å². The van der Waals surface area contributed by atoms with Crippen LogP contribution in [0, 0.1) is 9.49 Å². The lowest BCUT2D eigenvalue weighted by atomic mass is 10.1. The van der Waals surface area contributed by atoms with Gasteiger partial charge < -0.3 is 5.11 Å². The van der Waals surface area contributed by atoms with Gasteiger partial charge in [0, 0.05) is 16.7 Å². The summed E-state index contributed by atoms with van der Waals surface area (Å²) in [5.74, 6) is 0.124. The zero-order valence-corrected chi connectivity index (χ0v) is 12.5. The molecular weight excluding hydrogens is 353 g/mol. The molecule has 0 amide bonds. The summed E-state index contributed by atoms with van der Waals surface area (Å²) in [5, 5.41) is 8.74. The molecule has 2 N–H and O–H groups in total. The van der Waals surface area contributed by atoms with Crippen molar-refractivity contribution in [1.29, 1.82) is 0 Å². The Morgan fingerprint density at radius 1 is 1.35 bits per heavy atom. The molecule has 0 aromatic heterocycles. The number of rotatable bonds is 6. The Hall–Kier alpha value is -0.180. The lowest BCUT2D eigenvalue weighted by molar-refractivity contribution is 0.263. The van der Waals surface area contributed by atoms with Crippen LogP contribution in [0.5, 0.6) is 0 Å². The van der Waals surface area contributed by atoms with Gasteiger partial charge in [0.2, 0.25) is 10.0 Å². The van der Waals surface area contributed by atoms with Crippen LogP contribution in [0.3, 0.4) is 0 Å². The highest BCUT2D eigenvalue weighted by Gasteiger charge is 2.14. The van der Waals surface area contributed by atoms with Gasteiger partial charge in [-0.1, -0.05) is 6.92 Å². The molecule has 17 heavy (non-hydrogen) atoms. The van der Waals surface area contributed by atoms with Crippen molar-refractivity contribution in [2.45, 2.75) is 18.2 Å². The largest absolute Gasteiger partial charge is 0.396 e. The van der Waals surface area contributed by atoms with Gasteiger partial charge in [0.1, 0.15) is 0 Å². The van der Waals surface area contributed by atoms with Crippen LogP contribution in [-0.2, 0) is 10.0 Å². The smallest absolute Gasteiger partial charge is 0.240 e. The third kappa shape index (κ3) is 4.90. The summed E-state index contributed by atoms with van der Waals surface area (Å²) in [5.41, 5.74) is 0. The number of halogens is 1. The SMILES string of the molecule is CC(CCO)CNS(=O)(=O)c1ccc(I)cc1. The van der Waals surface area contributed by atoms with E-state index >= 15 is 0 Å². The first-order chi connectivity index (χ1) is 7.95. The first kappa shape index (κ1) is 14.9. The third-order valence-corrected chi connectivity index (χ3v) is 4.53. The predicted molar refractivity (Wildman–Crippen MR) is 75.2 cm³/mol. The van der Waals surface area contributed by atoms with Crippen molar-refractivity contribution < 1.29 is 13.5 Å². The van der Waals surface area contributed by atoms with Crippen LogP contribution in [-0.4, -0.2) is 26.7 Å². The monoisotopic (exact) mass is 369 g/mol. The van der Waals surface area contributed by atoms with E-state index in [-0.39, 0.29) is 17.4 Å². The summed E-state index contributed by atoms with van der Waals surface area (Å²) in [6.45, 7) is 2.31. The molecule has 0 spiro atoms. The van der Waals surface area contributed by atoms with E-state index in [9.17, 15) is 8.42 Å². The maximum absolute atomic E-state index is 11.9. The molecule has 0 saturated heterocycles. The maximum atomic E-state index is 11.9. The molecule has 1 aromatic carbocycles. The van der Waals surface area contributed by atoms with Gasteiger partial charge in [0.05, 0.1) is 4.90 Å². The van der Waals surface area contributed by atoms with Crippen molar-refractivity contribution in [2.24, 2.45) is 5.92 Å². The average molecular weight is 369 g/mol. The quantitative estimate of drug-likeness (QED) is 0.749. The van der Waals surface area contributed by atoms with E-state index in [1.165, 1.54) is 0 Å². The molecule has 0 radical (unpaired) electrons. The predicted octanol–water partition coefficient (Wildman–Crippen LogP) is 1.59.